The van der Waals surface area contributed by atoms with E-state index in [1.54, 1.807) is 0 Å². The lowest BCUT2D eigenvalue weighted by Gasteiger charge is -2.32. The third-order valence-corrected chi connectivity index (χ3v) is 4.47. The maximum Gasteiger partial charge on any atom is 0.289 e. The van der Waals surface area contributed by atoms with Crippen LogP contribution in [0.25, 0.3) is 11.0 Å². The van der Waals surface area contributed by atoms with E-state index in [2.05, 4.69) is 5.32 Å². The second-order valence-electron chi connectivity index (χ2n) is 5.89. The van der Waals surface area contributed by atoms with E-state index in [-0.39, 0.29) is 18.3 Å². The molecule has 1 unspecified atom stereocenters. The first kappa shape index (κ1) is 16.8. The molecule has 2 aromatic rings. The second kappa shape index (κ2) is 6.71. The van der Waals surface area contributed by atoms with E-state index in [0.717, 1.165) is 48.0 Å². The van der Waals surface area contributed by atoms with Gasteiger partial charge in [-0.1, -0.05) is 18.2 Å². The topological polar surface area (TPSA) is 45.5 Å². The number of halogens is 1. The highest BCUT2D eigenvalue weighted by Crippen LogP contribution is 2.29. The number of benzene rings is 1. The number of carbonyl (C=O) groups is 1. The average Bonchev–Trinajstić information content (AvgIpc) is 2.85. The maximum absolute atomic E-state index is 12.8. The van der Waals surface area contributed by atoms with Gasteiger partial charge in [-0.25, -0.2) is 0 Å². The lowest BCUT2D eigenvalue weighted by Crippen LogP contribution is -2.47. The number of para-hydroxylation sites is 1. The molecule has 1 fully saturated rings. The number of nitrogens with one attached hydrogen (secondary N) is 1. The zero-order valence-corrected chi connectivity index (χ0v) is 14.1. The summed E-state index contributed by atoms with van der Waals surface area (Å²) in [5, 5.41) is 4.31. The summed E-state index contributed by atoms with van der Waals surface area (Å²) in [4.78, 5) is 14.7. The molecule has 0 aliphatic carbocycles. The van der Waals surface area contributed by atoms with E-state index >= 15 is 0 Å². The summed E-state index contributed by atoms with van der Waals surface area (Å²) in [6.45, 7) is 5.55. The molecule has 1 N–H and O–H groups in total. The van der Waals surface area contributed by atoms with Crippen LogP contribution < -0.4 is 5.32 Å². The molecule has 1 saturated heterocycles. The normalized spacial score (nSPS) is 18.3. The van der Waals surface area contributed by atoms with E-state index in [1.807, 2.05) is 44.0 Å². The summed E-state index contributed by atoms with van der Waals surface area (Å²) >= 11 is 0. The molecular formula is C17H23ClN2O2. The number of furan rings is 1. The number of hydrogen-bond donors (Lipinski definition) is 1. The van der Waals surface area contributed by atoms with Crippen LogP contribution in [-0.2, 0) is 0 Å². The van der Waals surface area contributed by atoms with E-state index in [1.165, 1.54) is 0 Å². The number of fused-ring (bicyclic) bond motifs is 1. The van der Waals surface area contributed by atoms with Crippen LogP contribution in [0.1, 0.15) is 34.5 Å². The molecule has 0 bridgehead atoms. The van der Waals surface area contributed by atoms with Crippen molar-refractivity contribution in [3.05, 3.63) is 35.1 Å². The van der Waals surface area contributed by atoms with Crippen molar-refractivity contribution in [2.24, 2.45) is 0 Å². The largest absolute Gasteiger partial charge is 0.450 e. The molecule has 22 heavy (non-hydrogen) atoms. The first-order chi connectivity index (χ1) is 10.1. The molecule has 0 radical (unpaired) electrons. The predicted molar refractivity (Wildman–Crippen MR) is 90.9 cm³/mol. The van der Waals surface area contributed by atoms with Crippen molar-refractivity contribution in [1.29, 1.82) is 0 Å². The Morgan fingerprint density at radius 3 is 2.82 bits per heavy atom. The van der Waals surface area contributed by atoms with Gasteiger partial charge in [-0.05, 0) is 39.3 Å². The molecule has 4 nitrogen and oxygen atoms in total. The van der Waals surface area contributed by atoms with Crippen molar-refractivity contribution in [2.45, 2.75) is 32.7 Å². The molecule has 0 spiro atoms. The van der Waals surface area contributed by atoms with Crippen LogP contribution in [0.15, 0.2) is 22.6 Å². The van der Waals surface area contributed by atoms with Gasteiger partial charge in [0.05, 0.1) is 0 Å². The highest BCUT2D eigenvalue weighted by Gasteiger charge is 2.27. The number of rotatable bonds is 2. The Balaban J connectivity index is 0.00000176. The summed E-state index contributed by atoms with van der Waals surface area (Å²) in [6.07, 6.45) is 2.16. The van der Waals surface area contributed by atoms with Gasteiger partial charge < -0.3 is 14.6 Å². The molecular weight excluding hydrogens is 300 g/mol. The van der Waals surface area contributed by atoms with Crippen molar-refractivity contribution in [2.75, 3.05) is 20.1 Å². The molecule has 1 aliphatic rings. The van der Waals surface area contributed by atoms with Crippen molar-refractivity contribution >= 4 is 29.3 Å². The minimum Gasteiger partial charge on any atom is -0.450 e. The van der Waals surface area contributed by atoms with Gasteiger partial charge in [-0.2, -0.15) is 0 Å². The van der Waals surface area contributed by atoms with Gasteiger partial charge in [0.25, 0.3) is 5.91 Å². The van der Waals surface area contributed by atoms with Crippen LogP contribution >= 0.6 is 12.4 Å². The van der Waals surface area contributed by atoms with Crippen molar-refractivity contribution in [3.8, 4) is 0 Å². The smallest absolute Gasteiger partial charge is 0.289 e. The van der Waals surface area contributed by atoms with Gasteiger partial charge >= 0.3 is 0 Å². The first-order valence-electron chi connectivity index (χ1n) is 7.57. The van der Waals surface area contributed by atoms with E-state index in [9.17, 15) is 4.79 Å². The average molecular weight is 323 g/mol. The number of carbonyl (C=O) groups excluding carboxylic acids is 1. The maximum atomic E-state index is 12.8. The Bertz CT molecular complexity index is 681. The molecule has 0 saturated carbocycles. The van der Waals surface area contributed by atoms with Gasteiger partial charge in [0.2, 0.25) is 0 Å². The summed E-state index contributed by atoms with van der Waals surface area (Å²) in [7, 11) is 1.95. The van der Waals surface area contributed by atoms with Crippen molar-refractivity contribution in [1.82, 2.24) is 10.2 Å². The summed E-state index contributed by atoms with van der Waals surface area (Å²) in [6, 6.07) is 6.42. The zero-order valence-electron chi connectivity index (χ0n) is 13.3. The minimum atomic E-state index is 0. The Labute approximate surface area is 137 Å². The SMILES string of the molecule is CNC1CCCN(C(=O)c2oc3c(C)cccc3c2C)C1.Cl. The number of nitrogens with zero attached hydrogens (tertiary/aromatic N) is 1. The highest BCUT2D eigenvalue weighted by molar-refractivity contribution is 5.99. The number of amides is 1. The number of likely N-dealkylation sites (N-methyl/N-ethyl adjacent to an activating group) is 1. The fraction of sp³-hybridized carbons (Fsp3) is 0.471. The van der Waals surface area contributed by atoms with Gasteiger partial charge in [-0.3, -0.25) is 4.79 Å². The lowest BCUT2D eigenvalue weighted by molar-refractivity contribution is 0.0667. The van der Waals surface area contributed by atoms with Crippen LogP contribution in [0.4, 0.5) is 0 Å². The van der Waals surface area contributed by atoms with E-state index < -0.39 is 0 Å². The summed E-state index contributed by atoms with van der Waals surface area (Å²) in [5.41, 5.74) is 2.85. The first-order valence-corrected chi connectivity index (χ1v) is 7.57. The zero-order chi connectivity index (χ0) is 15.0. The number of likely N-dealkylation sites (tertiary alicyclic amines) is 1. The fourth-order valence-corrected chi connectivity index (χ4v) is 3.13. The van der Waals surface area contributed by atoms with Gasteiger partial charge in [0.15, 0.2) is 5.76 Å². The molecule has 2 heterocycles. The monoisotopic (exact) mass is 322 g/mol. The quantitative estimate of drug-likeness (QED) is 0.922. The van der Waals surface area contributed by atoms with Crippen LogP contribution in [0.5, 0.6) is 0 Å². The van der Waals surface area contributed by atoms with Gasteiger partial charge in [0.1, 0.15) is 5.58 Å². The molecule has 1 aliphatic heterocycles. The predicted octanol–water partition coefficient (Wildman–Crippen LogP) is 3.30. The number of aryl methyl sites for hydroxylation is 2. The van der Waals surface area contributed by atoms with Crippen LogP contribution in [-0.4, -0.2) is 37.0 Å². The van der Waals surface area contributed by atoms with Crippen molar-refractivity contribution < 1.29 is 9.21 Å². The third-order valence-electron chi connectivity index (χ3n) is 4.47. The van der Waals surface area contributed by atoms with Crippen LogP contribution in [0, 0.1) is 13.8 Å². The van der Waals surface area contributed by atoms with Crippen LogP contribution in [0.3, 0.4) is 0 Å². The lowest BCUT2D eigenvalue weighted by atomic mass is 10.0. The Hall–Kier alpha value is -1.52. The van der Waals surface area contributed by atoms with Crippen LogP contribution in [0.2, 0.25) is 0 Å². The fourth-order valence-electron chi connectivity index (χ4n) is 3.13. The third kappa shape index (κ3) is 2.85. The molecule has 3 rings (SSSR count). The van der Waals surface area contributed by atoms with E-state index in [0.29, 0.717) is 11.8 Å². The van der Waals surface area contributed by atoms with Gasteiger partial charge in [0, 0.05) is 30.1 Å². The standard InChI is InChI=1S/C17H22N2O2.ClH/c1-11-6-4-8-14-12(2)16(21-15(11)14)17(20)19-9-5-7-13(10-19)18-3;/h4,6,8,13,18H,5,7,9-10H2,1-3H3;1H. The second-order valence-corrected chi connectivity index (χ2v) is 5.89. The summed E-state index contributed by atoms with van der Waals surface area (Å²) < 4.78 is 5.90. The molecule has 1 aromatic heterocycles. The Kier molecular flexibility index (Phi) is 5.14. The molecule has 1 amide bonds. The highest BCUT2D eigenvalue weighted by atomic mass is 35.5. The molecule has 1 aromatic carbocycles. The molecule has 120 valence electrons. The molecule has 1 atom stereocenters. The summed E-state index contributed by atoms with van der Waals surface area (Å²) in [5.74, 6) is 0.513. The molecule has 5 heteroatoms. The number of hydrogen-bond acceptors (Lipinski definition) is 3. The van der Waals surface area contributed by atoms with Crippen molar-refractivity contribution in [3.63, 3.8) is 0 Å². The Morgan fingerprint density at radius 2 is 2.14 bits per heavy atom. The number of piperidine rings is 1. The minimum absolute atomic E-state index is 0. The Morgan fingerprint density at radius 1 is 1.36 bits per heavy atom. The van der Waals surface area contributed by atoms with Gasteiger partial charge in [-0.15, -0.1) is 12.4 Å². The van der Waals surface area contributed by atoms with E-state index in [4.69, 9.17) is 4.42 Å².